The van der Waals surface area contributed by atoms with Crippen LogP contribution in [0.2, 0.25) is 0 Å². The first-order valence-electron chi connectivity index (χ1n) is 7.28. The van der Waals surface area contributed by atoms with E-state index in [1.54, 1.807) is 12.1 Å². The molecule has 0 radical (unpaired) electrons. The van der Waals surface area contributed by atoms with E-state index in [9.17, 15) is 10.1 Å². The van der Waals surface area contributed by atoms with Crippen molar-refractivity contribution in [2.45, 2.75) is 33.2 Å². The van der Waals surface area contributed by atoms with Gasteiger partial charge in [0.2, 0.25) is 0 Å². The Labute approximate surface area is 121 Å². The Kier molecular flexibility index (Phi) is 7.18. The van der Waals surface area contributed by atoms with Crippen molar-refractivity contribution in [1.82, 2.24) is 10.2 Å². The van der Waals surface area contributed by atoms with Crippen molar-refractivity contribution in [3.63, 3.8) is 0 Å². The van der Waals surface area contributed by atoms with Crippen LogP contribution in [0.3, 0.4) is 0 Å². The van der Waals surface area contributed by atoms with E-state index < -0.39 is 0 Å². The van der Waals surface area contributed by atoms with Crippen LogP contribution in [0.25, 0.3) is 0 Å². The molecule has 0 fully saturated rings. The molecule has 0 saturated carbocycles. The van der Waals surface area contributed by atoms with Crippen LogP contribution in [0.5, 0.6) is 0 Å². The van der Waals surface area contributed by atoms with Gasteiger partial charge in [0.1, 0.15) is 0 Å². The molecule has 112 valence electrons. The zero-order valence-electron chi connectivity index (χ0n) is 12.6. The third-order valence-corrected chi connectivity index (χ3v) is 3.45. The highest BCUT2D eigenvalue weighted by Gasteiger charge is 2.10. The summed E-state index contributed by atoms with van der Waals surface area (Å²) in [6.07, 6.45) is 1.16. The molecular weight excluding hydrogens is 254 g/mol. The number of nitro groups is 1. The van der Waals surface area contributed by atoms with Gasteiger partial charge in [0.05, 0.1) is 4.92 Å². The van der Waals surface area contributed by atoms with E-state index in [2.05, 4.69) is 24.1 Å². The highest BCUT2D eigenvalue weighted by molar-refractivity contribution is 5.35. The van der Waals surface area contributed by atoms with Crippen molar-refractivity contribution in [3.8, 4) is 0 Å². The van der Waals surface area contributed by atoms with E-state index in [1.807, 2.05) is 13.0 Å². The number of non-ortho nitro benzene ring substituents is 1. The van der Waals surface area contributed by atoms with E-state index in [-0.39, 0.29) is 16.7 Å². The Hall–Kier alpha value is -1.46. The van der Waals surface area contributed by atoms with Gasteiger partial charge in [0.25, 0.3) is 5.69 Å². The van der Waals surface area contributed by atoms with Crippen molar-refractivity contribution in [3.05, 3.63) is 39.9 Å². The van der Waals surface area contributed by atoms with E-state index in [4.69, 9.17) is 0 Å². The van der Waals surface area contributed by atoms with Crippen molar-refractivity contribution in [2.24, 2.45) is 0 Å². The van der Waals surface area contributed by atoms with Crippen molar-refractivity contribution < 1.29 is 4.92 Å². The smallest absolute Gasteiger partial charge is 0.269 e. The van der Waals surface area contributed by atoms with E-state index >= 15 is 0 Å². The Morgan fingerprint density at radius 3 is 2.70 bits per heavy atom. The van der Waals surface area contributed by atoms with E-state index in [0.717, 1.165) is 38.2 Å². The summed E-state index contributed by atoms with van der Waals surface area (Å²) in [7, 11) is 0. The second-order valence-corrected chi connectivity index (χ2v) is 4.96. The molecule has 0 amide bonds. The zero-order chi connectivity index (χ0) is 15.0. The molecule has 0 heterocycles. The molecule has 20 heavy (non-hydrogen) atoms. The van der Waals surface area contributed by atoms with Gasteiger partial charge in [-0.25, -0.2) is 0 Å². The van der Waals surface area contributed by atoms with Gasteiger partial charge in [-0.15, -0.1) is 0 Å². The second-order valence-electron chi connectivity index (χ2n) is 4.96. The van der Waals surface area contributed by atoms with Gasteiger partial charge in [-0.1, -0.05) is 26.0 Å². The minimum absolute atomic E-state index is 0.121. The number of benzene rings is 1. The lowest BCUT2D eigenvalue weighted by molar-refractivity contribution is -0.384. The Balaban J connectivity index is 2.48. The molecule has 1 unspecified atom stereocenters. The van der Waals surface area contributed by atoms with Crippen LogP contribution in [-0.4, -0.2) is 36.0 Å². The number of nitro benzene ring substituents is 1. The van der Waals surface area contributed by atoms with Crippen LogP contribution < -0.4 is 5.32 Å². The lowest BCUT2D eigenvalue weighted by atomic mass is 10.1. The van der Waals surface area contributed by atoms with Crippen LogP contribution in [0.1, 0.15) is 38.8 Å². The summed E-state index contributed by atoms with van der Waals surface area (Å²) in [6.45, 7) is 10.4. The normalized spacial score (nSPS) is 12.6. The minimum Gasteiger partial charge on any atom is -0.309 e. The van der Waals surface area contributed by atoms with Crippen molar-refractivity contribution in [2.75, 3.05) is 26.2 Å². The first-order valence-corrected chi connectivity index (χ1v) is 7.28. The minimum atomic E-state index is -0.351. The predicted octanol–water partition coefficient (Wildman–Crippen LogP) is 2.98. The topological polar surface area (TPSA) is 58.4 Å². The molecule has 0 aliphatic heterocycles. The van der Waals surface area contributed by atoms with Crippen LogP contribution in [0.15, 0.2) is 24.3 Å². The van der Waals surface area contributed by atoms with E-state index in [0.29, 0.717) is 0 Å². The van der Waals surface area contributed by atoms with Gasteiger partial charge in [0.15, 0.2) is 0 Å². The number of rotatable bonds is 9. The molecule has 1 atom stereocenters. The van der Waals surface area contributed by atoms with Crippen LogP contribution in [0, 0.1) is 10.1 Å². The maximum absolute atomic E-state index is 10.8. The molecular formula is C15H25N3O2. The lowest BCUT2D eigenvalue weighted by Crippen LogP contribution is -2.33. The monoisotopic (exact) mass is 279 g/mol. The summed E-state index contributed by atoms with van der Waals surface area (Å²) >= 11 is 0. The van der Waals surface area contributed by atoms with Gasteiger partial charge in [0, 0.05) is 31.3 Å². The average molecular weight is 279 g/mol. The fourth-order valence-electron chi connectivity index (χ4n) is 2.21. The van der Waals surface area contributed by atoms with Gasteiger partial charge < -0.3 is 10.2 Å². The maximum Gasteiger partial charge on any atom is 0.269 e. The molecule has 1 rings (SSSR count). The predicted molar refractivity (Wildman–Crippen MR) is 81.9 cm³/mol. The van der Waals surface area contributed by atoms with Crippen molar-refractivity contribution >= 4 is 5.69 Å². The second kappa shape index (κ2) is 8.66. The lowest BCUT2D eigenvalue weighted by Gasteiger charge is -2.21. The standard InChI is InChI=1S/C15H25N3O2/c1-4-10-17(5-2)11-9-16-13(3)14-7-6-8-15(12-14)18(19)20/h6-8,12-13,16H,4-5,9-11H2,1-3H3. The van der Waals surface area contributed by atoms with Crippen LogP contribution >= 0.6 is 0 Å². The fraction of sp³-hybridized carbons (Fsp3) is 0.600. The molecule has 0 aliphatic carbocycles. The summed E-state index contributed by atoms with van der Waals surface area (Å²) in [4.78, 5) is 12.8. The molecule has 5 nitrogen and oxygen atoms in total. The number of nitrogens with zero attached hydrogens (tertiary/aromatic N) is 2. The van der Waals surface area contributed by atoms with Gasteiger partial charge in [-0.2, -0.15) is 0 Å². The molecule has 0 aliphatic rings. The molecule has 1 aromatic rings. The average Bonchev–Trinajstić information content (AvgIpc) is 2.46. The highest BCUT2D eigenvalue weighted by Crippen LogP contribution is 2.18. The van der Waals surface area contributed by atoms with Crippen molar-refractivity contribution in [1.29, 1.82) is 0 Å². The van der Waals surface area contributed by atoms with Gasteiger partial charge in [-0.3, -0.25) is 10.1 Å². The molecule has 5 heteroatoms. The van der Waals surface area contributed by atoms with Crippen LogP contribution in [-0.2, 0) is 0 Å². The zero-order valence-corrected chi connectivity index (χ0v) is 12.6. The largest absolute Gasteiger partial charge is 0.309 e. The summed E-state index contributed by atoms with van der Waals surface area (Å²) < 4.78 is 0. The first-order chi connectivity index (χ1) is 9.58. The highest BCUT2D eigenvalue weighted by atomic mass is 16.6. The third kappa shape index (κ3) is 5.27. The third-order valence-electron chi connectivity index (χ3n) is 3.45. The quantitative estimate of drug-likeness (QED) is 0.557. The number of hydrogen-bond donors (Lipinski definition) is 1. The molecule has 1 N–H and O–H groups in total. The van der Waals surface area contributed by atoms with Gasteiger partial charge >= 0.3 is 0 Å². The molecule has 1 aromatic carbocycles. The summed E-state index contributed by atoms with van der Waals surface area (Å²) in [6, 6.07) is 6.95. The van der Waals surface area contributed by atoms with E-state index in [1.165, 1.54) is 6.07 Å². The number of likely N-dealkylation sites (N-methyl/N-ethyl adjacent to an activating group) is 1. The Morgan fingerprint density at radius 1 is 1.35 bits per heavy atom. The maximum atomic E-state index is 10.8. The summed E-state index contributed by atoms with van der Waals surface area (Å²) in [5.74, 6) is 0. The molecule has 0 bridgehead atoms. The Morgan fingerprint density at radius 2 is 2.10 bits per heavy atom. The number of hydrogen-bond acceptors (Lipinski definition) is 4. The fourth-order valence-corrected chi connectivity index (χ4v) is 2.21. The summed E-state index contributed by atoms with van der Waals surface area (Å²) in [5.41, 5.74) is 1.11. The first kappa shape index (κ1) is 16.6. The van der Waals surface area contributed by atoms with Crippen LogP contribution in [0.4, 0.5) is 5.69 Å². The Bertz CT molecular complexity index is 423. The SMILES string of the molecule is CCCN(CC)CCNC(C)c1cccc([N+](=O)[O-])c1. The molecule has 0 saturated heterocycles. The molecule has 0 aromatic heterocycles. The number of nitrogens with one attached hydrogen (secondary N) is 1. The summed E-state index contributed by atoms with van der Waals surface area (Å²) in [5, 5.41) is 14.2. The van der Waals surface area contributed by atoms with Gasteiger partial charge in [-0.05, 0) is 32.0 Å². The molecule has 0 spiro atoms.